The molecule has 0 spiro atoms. The number of amides is 1. The van der Waals surface area contributed by atoms with Crippen molar-refractivity contribution in [2.45, 2.75) is 26.4 Å². The largest absolute Gasteiger partial charge is 0.397 e. The molecule has 18 heavy (non-hydrogen) atoms. The number of nitrogen functional groups attached to an aromatic ring is 1. The Kier molecular flexibility index (Phi) is 3.31. The Morgan fingerprint density at radius 2 is 2.39 bits per heavy atom. The van der Waals surface area contributed by atoms with Gasteiger partial charge in [0.05, 0.1) is 12.2 Å². The Hall–Kier alpha value is -2.31. The predicted octanol–water partition coefficient (Wildman–Crippen LogP) is 0.964. The van der Waals surface area contributed by atoms with Crippen molar-refractivity contribution in [3.63, 3.8) is 0 Å². The molecule has 2 heterocycles. The van der Waals surface area contributed by atoms with Gasteiger partial charge >= 0.3 is 0 Å². The van der Waals surface area contributed by atoms with Crippen LogP contribution in [0, 0.1) is 0 Å². The van der Waals surface area contributed by atoms with Crippen LogP contribution in [0.3, 0.4) is 0 Å². The van der Waals surface area contributed by atoms with Crippen LogP contribution < -0.4 is 11.1 Å². The second-order valence-electron chi connectivity index (χ2n) is 4.19. The van der Waals surface area contributed by atoms with Crippen LogP contribution in [0.1, 0.15) is 36.2 Å². The molecule has 96 valence electrons. The first-order valence-electron chi connectivity index (χ1n) is 5.58. The molecule has 7 heteroatoms. The molecular weight excluding hydrogens is 234 g/mol. The first kappa shape index (κ1) is 12.2. The molecule has 0 saturated heterocycles. The third-order valence-corrected chi connectivity index (χ3v) is 2.47. The highest BCUT2D eigenvalue weighted by Crippen LogP contribution is 2.16. The number of carbonyl (C=O) groups excluding carboxylic acids is 1. The van der Waals surface area contributed by atoms with Crippen LogP contribution in [0.5, 0.6) is 0 Å². The molecule has 0 bridgehead atoms. The Morgan fingerprint density at radius 1 is 1.61 bits per heavy atom. The summed E-state index contributed by atoms with van der Waals surface area (Å²) in [6.07, 6.45) is 2.96. The molecule has 2 aromatic heterocycles. The lowest BCUT2D eigenvalue weighted by Gasteiger charge is -2.11. The van der Waals surface area contributed by atoms with Crippen LogP contribution >= 0.6 is 0 Å². The van der Waals surface area contributed by atoms with Gasteiger partial charge in [0.15, 0.2) is 5.82 Å². The van der Waals surface area contributed by atoms with Crippen molar-refractivity contribution in [2.24, 2.45) is 0 Å². The summed E-state index contributed by atoms with van der Waals surface area (Å²) in [6.45, 7) is 4.18. The molecule has 0 saturated carbocycles. The molecule has 0 aliphatic rings. The lowest BCUT2D eigenvalue weighted by Crippen LogP contribution is -2.26. The number of nitrogens with two attached hydrogens (primary N) is 1. The van der Waals surface area contributed by atoms with E-state index in [1.165, 1.54) is 6.39 Å². The van der Waals surface area contributed by atoms with Gasteiger partial charge in [-0.3, -0.25) is 4.79 Å². The number of carbonyl (C=O) groups is 1. The summed E-state index contributed by atoms with van der Waals surface area (Å²) in [6, 6.07) is 1.80. The molecule has 0 aromatic carbocycles. The first-order chi connectivity index (χ1) is 8.58. The first-order valence-corrected chi connectivity index (χ1v) is 5.58. The van der Waals surface area contributed by atoms with Crippen molar-refractivity contribution < 1.29 is 9.32 Å². The minimum Gasteiger partial charge on any atom is -0.397 e. The summed E-state index contributed by atoms with van der Waals surface area (Å²) in [4.78, 5) is 15.8. The van der Waals surface area contributed by atoms with Crippen molar-refractivity contribution in [2.75, 3.05) is 5.73 Å². The summed E-state index contributed by atoms with van der Waals surface area (Å²) in [5.74, 6) is 0.212. The van der Waals surface area contributed by atoms with Crippen molar-refractivity contribution in [1.82, 2.24) is 20.0 Å². The van der Waals surface area contributed by atoms with Crippen molar-refractivity contribution in [3.05, 3.63) is 30.2 Å². The van der Waals surface area contributed by atoms with Gasteiger partial charge in [-0.1, -0.05) is 5.16 Å². The highest BCUT2D eigenvalue weighted by molar-refractivity contribution is 5.93. The van der Waals surface area contributed by atoms with Crippen molar-refractivity contribution >= 4 is 11.6 Å². The van der Waals surface area contributed by atoms with Crippen molar-refractivity contribution in [3.8, 4) is 0 Å². The molecular formula is C11H15N5O2. The van der Waals surface area contributed by atoms with E-state index in [1.54, 1.807) is 12.3 Å². The van der Waals surface area contributed by atoms with Gasteiger partial charge in [0.1, 0.15) is 5.69 Å². The molecule has 0 fully saturated rings. The summed E-state index contributed by atoms with van der Waals surface area (Å²) in [7, 11) is 0. The van der Waals surface area contributed by atoms with Gasteiger partial charge in [-0.05, 0) is 19.9 Å². The standard InChI is InChI=1S/C11H15N5O2/c1-7(2)16-5-8(12)3-9(16)11(17)13-4-10-14-6-18-15-10/h3,5-7H,4,12H2,1-2H3,(H,13,17). The second kappa shape index (κ2) is 4.91. The van der Waals surface area contributed by atoms with Crippen LogP contribution in [-0.4, -0.2) is 20.6 Å². The molecule has 0 atom stereocenters. The van der Waals surface area contributed by atoms with Crippen LogP contribution in [0.4, 0.5) is 5.69 Å². The van der Waals surface area contributed by atoms with Crippen LogP contribution in [-0.2, 0) is 6.54 Å². The Morgan fingerprint density at radius 3 is 3.00 bits per heavy atom. The monoisotopic (exact) mass is 249 g/mol. The smallest absolute Gasteiger partial charge is 0.268 e. The molecule has 0 aliphatic heterocycles. The summed E-state index contributed by atoms with van der Waals surface area (Å²) in [5.41, 5.74) is 6.79. The molecule has 1 amide bonds. The van der Waals surface area contributed by atoms with E-state index in [0.717, 1.165) is 0 Å². The predicted molar refractivity (Wildman–Crippen MR) is 64.7 cm³/mol. The van der Waals surface area contributed by atoms with E-state index in [-0.39, 0.29) is 18.5 Å². The second-order valence-corrected chi connectivity index (χ2v) is 4.19. The molecule has 0 radical (unpaired) electrons. The van der Waals surface area contributed by atoms with Gasteiger partial charge in [0.2, 0.25) is 6.39 Å². The Labute approximate surface area is 104 Å². The van der Waals surface area contributed by atoms with E-state index >= 15 is 0 Å². The van der Waals surface area contributed by atoms with Crippen LogP contribution in [0.2, 0.25) is 0 Å². The molecule has 0 unspecified atom stereocenters. The zero-order valence-electron chi connectivity index (χ0n) is 10.3. The number of nitrogens with zero attached hydrogens (tertiary/aromatic N) is 3. The average Bonchev–Trinajstić information content (AvgIpc) is 2.94. The van der Waals surface area contributed by atoms with Gasteiger partial charge in [0, 0.05) is 12.2 Å². The van der Waals surface area contributed by atoms with E-state index in [4.69, 9.17) is 5.73 Å². The van der Waals surface area contributed by atoms with E-state index in [0.29, 0.717) is 17.2 Å². The van der Waals surface area contributed by atoms with Crippen LogP contribution in [0.15, 0.2) is 23.2 Å². The normalized spacial score (nSPS) is 10.8. The summed E-state index contributed by atoms with van der Waals surface area (Å²) >= 11 is 0. The zero-order valence-corrected chi connectivity index (χ0v) is 10.3. The third kappa shape index (κ3) is 2.50. The lowest BCUT2D eigenvalue weighted by atomic mass is 10.3. The van der Waals surface area contributed by atoms with Gasteiger partial charge in [0.25, 0.3) is 5.91 Å². The quantitative estimate of drug-likeness (QED) is 0.840. The fourth-order valence-electron chi connectivity index (χ4n) is 1.63. The average molecular weight is 249 g/mol. The number of hydrogen-bond donors (Lipinski definition) is 2. The molecule has 3 N–H and O–H groups in total. The maximum absolute atomic E-state index is 12.0. The van der Waals surface area contributed by atoms with Gasteiger partial charge in [-0.25, -0.2) is 0 Å². The highest BCUT2D eigenvalue weighted by atomic mass is 16.5. The minimum absolute atomic E-state index is 0.160. The number of hydrogen-bond acceptors (Lipinski definition) is 5. The Balaban J connectivity index is 2.09. The third-order valence-electron chi connectivity index (χ3n) is 2.47. The molecule has 7 nitrogen and oxygen atoms in total. The number of nitrogens with one attached hydrogen (secondary N) is 1. The maximum Gasteiger partial charge on any atom is 0.268 e. The fourth-order valence-corrected chi connectivity index (χ4v) is 1.63. The number of rotatable bonds is 4. The van der Waals surface area contributed by atoms with Gasteiger partial charge < -0.3 is 20.1 Å². The lowest BCUT2D eigenvalue weighted by molar-refractivity contribution is 0.0939. The van der Waals surface area contributed by atoms with Crippen molar-refractivity contribution in [1.29, 1.82) is 0 Å². The van der Waals surface area contributed by atoms with Gasteiger partial charge in [-0.2, -0.15) is 4.98 Å². The highest BCUT2D eigenvalue weighted by Gasteiger charge is 2.15. The summed E-state index contributed by atoms with van der Waals surface area (Å²) in [5, 5.41) is 6.32. The van der Waals surface area contributed by atoms with E-state index < -0.39 is 0 Å². The fraction of sp³-hybridized carbons (Fsp3) is 0.364. The molecule has 2 rings (SSSR count). The zero-order chi connectivity index (χ0) is 13.1. The maximum atomic E-state index is 12.0. The van der Waals surface area contributed by atoms with E-state index in [1.807, 2.05) is 18.4 Å². The van der Waals surface area contributed by atoms with E-state index in [2.05, 4.69) is 20.0 Å². The molecule has 0 aliphatic carbocycles. The SMILES string of the molecule is CC(C)n1cc(N)cc1C(=O)NCc1ncon1. The van der Waals surface area contributed by atoms with E-state index in [9.17, 15) is 4.79 Å². The Bertz CT molecular complexity index is 530. The summed E-state index contributed by atoms with van der Waals surface area (Å²) < 4.78 is 6.40. The number of aromatic nitrogens is 3. The van der Waals surface area contributed by atoms with Crippen LogP contribution in [0.25, 0.3) is 0 Å². The number of anilines is 1. The topological polar surface area (TPSA) is 99.0 Å². The minimum atomic E-state index is -0.217. The van der Waals surface area contributed by atoms with Gasteiger partial charge in [-0.15, -0.1) is 0 Å². The molecule has 2 aromatic rings.